The fourth-order valence-electron chi connectivity index (χ4n) is 1.82. The number of hydrogen-bond donors (Lipinski definition) is 1. The van der Waals surface area contributed by atoms with Crippen LogP contribution in [0, 0.1) is 0 Å². The number of quaternary nitrogens is 1. The van der Waals surface area contributed by atoms with Gasteiger partial charge < -0.3 is 21.9 Å². The average molecular weight is 362 g/mol. The second kappa shape index (κ2) is 8.39. The Morgan fingerprint density at radius 2 is 1.82 bits per heavy atom. The second-order valence-electron chi connectivity index (χ2n) is 4.50. The van der Waals surface area contributed by atoms with Crippen molar-refractivity contribution in [1.29, 1.82) is 0 Å². The summed E-state index contributed by atoms with van der Waals surface area (Å²) < 4.78 is 29.5. The van der Waals surface area contributed by atoms with Crippen LogP contribution in [-0.2, 0) is 16.7 Å². The molecule has 0 aliphatic carbocycles. The first kappa shape index (κ1) is 18.8. The molecule has 0 aromatic heterocycles. The van der Waals surface area contributed by atoms with Gasteiger partial charge in [0, 0.05) is 10.6 Å². The molecular weight excluding hydrogens is 345 g/mol. The van der Waals surface area contributed by atoms with Crippen LogP contribution in [0.2, 0.25) is 5.02 Å². The van der Waals surface area contributed by atoms with E-state index in [9.17, 15) is 8.42 Å². The minimum atomic E-state index is -3.82. The van der Waals surface area contributed by atoms with Gasteiger partial charge in [-0.3, -0.25) is 0 Å². The monoisotopic (exact) mass is 361 g/mol. The van der Waals surface area contributed by atoms with Crippen molar-refractivity contribution in [2.24, 2.45) is 0 Å². The standard InChI is InChI=1S/C15H16ClNO3S.ClH/c1-2-17-11-12-10-13(8-9-15(12)16)20-21(18,19)14-6-4-3-5-7-14;/h3-10,17H,2,11H2,1H3;1H. The van der Waals surface area contributed by atoms with E-state index in [2.05, 4.69) is 5.32 Å². The van der Waals surface area contributed by atoms with Gasteiger partial charge in [-0.05, 0) is 37.3 Å². The van der Waals surface area contributed by atoms with Gasteiger partial charge in [0.25, 0.3) is 0 Å². The zero-order chi connectivity index (χ0) is 15.3. The lowest BCUT2D eigenvalue weighted by atomic mass is 10.2. The molecule has 0 aliphatic rings. The zero-order valence-corrected chi connectivity index (χ0v) is 14.3. The van der Waals surface area contributed by atoms with Crippen molar-refractivity contribution in [2.75, 3.05) is 6.54 Å². The van der Waals surface area contributed by atoms with E-state index >= 15 is 0 Å². The topological polar surface area (TPSA) is 60.0 Å². The highest BCUT2D eigenvalue weighted by atomic mass is 35.5. The highest BCUT2D eigenvalue weighted by molar-refractivity contribution is 7.87. The Morgan fingerprint density at radius 3 is 2.45 bits per heavy atom. The predicted molar refractivity (Wildman–Crippen MR) is 81.9 cm³/mol. The number of benzene rings is 2. The summed E-state index contributed by atoms with van der Waals surface area (Å²) in [5.41, 5.74) is 0.847. The fraction of sp³-hybridized carbons (Fsp3) is 0.200. The summed E-state index contributed by atoms with van der Waals surface area (Å²) in [6.45, 7) is 3.63. The van der Waals surface area contributed by atoms with Crippen LogP contribution < -0.4 is 21.9 Å². The third-order valence-electron chi connectivity index (χ3n) is 2.91. The molecule has 2 aromatic carbocycles. The summed E-state index contributed by atoms with van der Waals surface area (Å²) >= 11 is 6.10. The maximum absolute atomic E-state index is 12.1. The molecule has 0 saturated carbocycles. The summed E-state index contributed by atoms with van der Waals surface area (Å²) in [6, 6.07) is 12.9. The Bertz CT molecular complexity index is 706. The van der Waals surface area contributed by atoms with Gasteiger partial charge in [-0.25, -0.2) is 0 Å². The lowest BCUT2D eigenvalue weighted by Gasteiger charge is -2.09. The molecule has 22 heavy (non-hydrogen) atoms. The van der Waals surface area contributed by atoms with E-state index in [1.807, 2.05) is 6.92 Å². The minimum absolute atomic E-state index is 0. The second-order valence-corrected chi connectivity index (χ2v) is 6.46. The molecule has 120 valence electrons. The van der Waals surface area contributed by atoms with Crippen LogP contribution in [-0.4, -0.2) is 15.0 Å². The van der Waals surface area contributed by atoms with Crippen molar-refractivity contribution < 1.29 is 30.3 Å². The highest BCUT2D eigenvalue weighted by Gasteiger charge is 2.16. The molecule has 0 fully saturated rings. The SMILES string of the molecule is CC[NH2+]Cc1cc(OS(=O)(=O)c2ccccc2)ccc1Cl.[Cl-]. The average Bonchev–Trinajstić information content (AvgIpc) is 2.48. The van der Waals surface area contributed by atoms with Gasteiger partial charge in [0.05, 0.1) is 6.54 Å². The van der Waals surface area contributed by atoms with Crippen molar-refractivity contribution >= 4 is 21.7 Å². The van der Waals surface area contributed by atoms with Crippen LogP contribution in [0.25, 0.3) is 0 Å². The molecule has 2 rings (SSSR count). The summed E-state index contributed by atoms with van der Waals surface area (Å²) in [6.07, 6.45) is 0. The smallest absolute Gasteiger partial charge is 0.339 e. The van der Waals surface area contributed by atoms with Gasteiger partial charge >= 0.3 is 10.1 Å². The van der Waals surface area contributed by atoms with E-state index < -0.39 is 10.1 Å². The summed E-state index contributed by atoms with van der Waals surface area (Å²) in [4.78, 5) is 0.127. The van der Waals surface area contributed by atoms with Crippen LogP contribution in [0.5, 0.6) is 5.75 Å². The summed E-state index contributed by atoms with van der Waals surface area (Å²) in [7, 11) is -3.82. The van der Waals surface area contributed by atoms with E-state index in [-0.39, 0.29) is 23.1 Å². The Labute approximate surface area is 142 Å². The van der Waals surface area contributed by atoms with E-state index in [1.165, 1.54) is 12.1 Å². The molecule has 0 atom stereocenters. The molecule has 2 aromatic rings. The van der Waals surface area contributed by atoms with Crippen LogP contribution >= 0.6 is 11.6 Å². The molecule has 0 unspecified atom stereocenters. The number of nitrogens with two attached hydrogens (primary N) is 1. The lowest BCUT2D eigenvalue weighted by molar-refractivity contribution is -0.667. The first-order chi connectivity index (χ1) is 10.0. The van der Waals surface area contributed by atoms with Crippen LogP contribution in [0.4, 0.5) is 0 Å². The van der Waals surface area contributed by atoms with Crippen molar-refractivity contribution in [3.8, 4) is 5.75 Å². The molecule has 0 bridgehead atoms. The number of halogens is 2. The molecule has 0 saturated heterocycles. The molecule has 0 aliphatic heterocycles. The number of hydrogen-bond acceptors (Lipinski definition) is 3. The van der Waals surface area contributed by atoms with Crippen LogP contribution in [0.3, 0.4) is 0 Å². The third-order valence-corrected chi connectivity index (χ3v) is 4.54. The molecule has 7 heteroatoms. The van der Waals surface area contributed by atoms with Crippen molar-refractivity contribution in [3.05, 3.63) is 59.1 Å². The maximum atomic E-state index is 12.1. The van der Waals surface area contributed by atoms with Gasteiger partial charge in [0.1, 0.15) is 17.2 Å². The Morgan fingerprint density at radius 1 is 1.14 bits per heavy atom. The van der Waals surface area contributed by atoms with E-state index in [4.69, 9.17) is 15.8 Å². The first-order valence-electron chi connectivity index (χ1n) is 6.62. The van der Waals surface area contributed by atoms with Crippen LogP contribution in [0.1, 0.15) is 12.5 Å². The molecule has 0 spiro atoms. The van der Waals surface area contributed by atoms with Gasteiger partial charge in [-0.2, -0.15) is 8.42 Å². The fourth-order valence-corrected chi connectivity index (χ4v) is 2.96. The Kier molecular flexibility index (Phi) is 7.16. The predicted octanol–water partition coefficient (Wildman–Crippen LogP) is -0.805. The normalized spacial score (nSPS) is 10.8. The van der Waals surface area contributed by atoms with Crippen molar-refractivity contribution in [2.45, 2.75) is 18.4 Å². The van der Waals surface area contributed by atoms with Gasteiger partial charge in [-0.1, -0.05) is 29.8 Å². The highest BCUT2D eigenvalue weighted by Crippen LogP contribution is 2.24. The molecule has 2 N–H and O–H groups in total. The number of rotatable bonds is 6. The third kappa shape index (κ3) is 4.88. The van der Waals surface area contributed by atoms with Crippen LogP contribution in [0.15, 0.2) is 53.4 Å². The molecule has 0 radical (unpaired) electrons. The molecular formula is C15H17Cl2NO3S. The van der Waals surface area contributed by atoms with Gasteiger partial charge in [-0.15, -0.1) is 0 Å². The minimum Gasteiger partial charge on any atom is -1.00 e. The first-order valence-corrected chi connectivity index (χ1v) is 8.41. The van der Waals surface area contributed by atoms with E-state index in [0.717, 1.165) is 12.1 Å². The van der Waals surface area contributed by atoms with E-state index in [1.54, 1.807) is 36.4 Å². The maximum Gasteiger partial charge on any atom is 0.339 e. The molecule has 0 heterocycles. The summed E-state index contributed by atoms with van der Waals surface area (Å²) in [5.74, 6) is 0.266. The zero-order valence-electron chi connectivity index (χ0n) is 12.0. The largest absolute Gasteiger partial charge is 1.00 e. The Balaban J connectivity index is 0.00000242. The van der Waals surface area contributed by atoms with Gasteiger partial charge in [0.15, 0.2) is 0 Å². The van der Waals surface area contributed by atoms with Crippen molar-refractivity contribution in [1.82, 2.24) is 0 Å². The molecule has 4 nitrogen and oxygen atoms in total. The molecule has 0 amide bonds. The van der Waals surface area contributed by atoms with Gasteiger partial charge in [0.2, 0.25) is 0 Å². The summed E-state index contributed by atoms with van der Waals surface area (Å²) in [5, 5.41) is 2.67. The lowest BCUT2D eigenvalue weighted by Crippen LogP contribution is -3.00. The quantitative estimate of drug-likeness (QED) is 0.685. The van der Waals surface area contributed by atoms with E-state index in [0.29, 0.717) is 11.6 Å². The van der Waals surface area contributed by atoms with Crippen molar-refractivity contribution in [3.63, 3.8) is 0 Å². The Hall–Kier alpha value is -1.27.